The second kappa shape index (κ2) is 9.71. The SMILES string of the molecule is COc1ccc(OCc2ccccc2)cc1C=NNc1nc(-c2ccccc2)cs1. The molecule has 1 heterocycles. The molecule has 150 valence electrons. The number of nitrogens with one attached hydrogen (secondary N) is 1. The number of rotatable bonds is 8. The number of benzene rings is 3. The number of hydrogen-bond acceptors (Lipinski definition) is 6. The van der Waals surface area contributed by atoms with Crippen LogP contribution >= 0.6 is 11.3 Å². The zero-order valence-corrected chi connectivity index (χ0v) is 17.3. The molecule has 0 spiro atoms. The molecule has 0 saturated heterocycles. The minimum Gasteiger partial charge on any atom is -0.496 e. The number of hydrogen-bond donors (Lipinski definition) is 1. The number of nitrogens with zero attached hydrogens (tertiary/aromatic N) is 2. The third-order valence-electron chi connectivity index (χ3n) is 4.39. The van der Waals surface area contributed by atoms with Gasteiger partial charge >= 0.3 is 0 Å². The van der Waals surface area contributed by atoms with Gasteiger partial charge in [0.15, 0.2) is 0 Å². The van der Waals surface area contributed by atoms with Gasteiger partial charge < -0.3 is 9.47 Å². The van der Waals surface area contributed by atoms with Crippen LogP contribution < -0.4 is 14.9 Å². The van der Waals surface area contributed by atoms with Gasteiger partial charge in [-0.05, 0) is 23.8 Å². The maximum absolute atomic E-state index is 5.90. The standard InChI is InChI=1S/C24H21N3O2S/c1-28-23-13-12-21(29-16-18-8-4-2-5-9-18)14-20(23)15-25-27-24-26-22(17-30-24)19-10-6-3-7-11-19/h2-15,17H,16H2,1H3,(H,26,27). The van der Waals surface area contributed by atoms with Crippen molar-refractivity contribution in [2.45, 2.75) is 6.61 Å². The lowest BCUT2D eigenvalue weighted by Crippen LogP contribution is -1.98. The number of anilines is 1. The minimum atomic E-state index is 0.503. The van der Waals surface area contributed by atoms with E-state index in [0.29, 0.717) is 6.61 Å². The average molecular weight is 416 g/mol. The van der Waals surface area contributed by atoms with Crippen LogP contribution in [0.5, 0.6) is 11.5 Å². The summed E-state index contributed by atoms with van der Waals surface area (Å²) in [5.41, 5.74) is 6.92. The topological polar surface area (TPSA) is 55.7 Å². The first-order valence-corrected chi connectivity index (χ1v) is 10.3. The molecule has 0 amide bonds. The first-order chi connectivity index (χ1) is 14.8. The van der Waals surface area contributed by atoms with E-state index in [0.717, 1.165) is 39.0 Å². The van der Waals surface area contributed by atoms with Crippen molar-refractivity contribution in [2.24, 2.45) is 5.10 Å². The zero-order chi connectivity index (χ0) is 20.6. The van der Waals surface area contributed by atoms with Crippen LogP contribution in [0.25, 0.3) is 11.3 Å². The Morgan fingerprint density at radius 1 is 1.00 bits per heavy atom. The smallest absolute Gasteiger partial charge is 0.203 e. The Labute approximate surface area is 179 Å². The van der Waals surface area contributed by atoms with Crippen molar-refractivity contribution in [3.8, 4) is 22.8 Å². The predicted molar refractivity (Wildman–Crippen MR) is 123 cm³/mol. The summed E-state index contributed by atoms with van der Waals surface area (Å²) in [7, 11) is 1.64. The predicted octanol–water partition coefficient (Wildman–Crippen LogP) is 5.84. The normalized spacial score (nSPS) is 10.8. The molecule has 0 aliphatic carbocycles. The number of hydrazone groups is 1. The summed E-state index contributed by atoms with van der Waals surface area (Å²) in [5, 5.41) is 7.05. The molecule has 0 atom stereocenters. The second-order valence-corrected chi connectivity index (χ2v) is 7.31. The van der Waals surface area contributed by atoms with Crippen LogP contribution in [-0.2, 0) is 6.61 Å². The van der Waals surface area contributed by atoms with Crippen molar-refractivity contribution < 1.29 is 9.47 Å². The molecule has 0 aliphatic heterocycles. The van der Waals surface area contributed by atoms with Crippen LogP contribution in [0.1, 0.15) is 11.1 Å². The summed E-state index contributed by atoms with van der Waals surface area (Å²) in [6.45, 7) is 0.503. The van der Waals surface area contributed by atoms with Crippen molar-refractivity contribution >= 4 is 22.7 Å². The highest BCUT2D eigenvalue weighted by molar-refractivity contribution is 7.14. The van der Waals surface area contributed by atoms with E-state index in [1.54, 1.807) is 13.3 Å². The molecule has 0 unspecified atom stereocenters. The van der Waals surface area contributed by atoms with Crippen molar-refractivity contribution in [1.82, 2.24) is 4.98 Å². The molecule has 0 fully saturated rings. The summed E-state index contributed by atoms with van der Waals surface area (Å²) >= 11 is 1.51. The molecular formula is C24H21N3O2S. The van der Waals surface area contributed by atoms with E-state index < -0.39 is 0 Å². The second-order valence-electron chi connectivity index (χ2n) is 6.45. The van der Waals surface area contributed by atoms with Crippen LogP contribution in [0.2, 0.25) is 0 Å². The Bertz CT molecular complexity index is 1110. The lowest BCUT2D eigenvalue weighted by molar-refractivity contribution is 0.305. The molecule has 4 aromatic rings. The van der Waals surface area contributed by atoms with Crippen LogP contribution in [0.3, 0.4) is 0 Å². The molecule has 1 aromatic heterocycles. The minimum absolute atomic E-state index is 0.503. The van der Waals surface area contributed by atoms with E-state index in [2.05, 4.69) is 15.5 Å². The lowest BCUT2D eigenvalue weighted by Gasteiger charge is -2.09. The van der Waals surface area contributed by atoms with E-state index in [-0.39, 0.29) is 0 Å². The Morgan fingerprint density at radius 3 is 2.53 bits per heavy atom. The van der Waals surface area contributed by atoms with E-state index in [1.807, 2.05) is 84.2 Å². The maximum Gasteiger partial charge on any atom is 0.203 e. The van der Waals surface area contributed by atoms with Crippen LogP contribution in [0.4, 0.5) is 5.13 Å². The van der Waals surface area contributed by atoms with Gasteiger partial charge in [-0.2, -0.15) is 5.10 Å². The van der Waals surface area contributed by atoms with Gasteiger partial charge in [0, 0.05) is 16.5 Å². The van der Waals surface area contributed by atoms with Crippen molar-refractivity contribution in [2.75, 3.05) is 12.5 Å². The number of methoxy groups -OCH3 is 1. The van der Waals surface area contributed by atoms with Gasteiger partial charge in [0.05, 0.1) is 19.0 Å². The monoisotopic (exact) mass is 415 g/mol. The quantitative estimate of drug-likeness (QED) is 0.290. The lowest BCUT2D eigenvalue weighted by atomic mass is 10.2. The van der Waals surface area contributed by atoms with Crippen molar-refractivity contribution in [3.05, 3.63) is 95.4 Å². The van der Waals surface area contributed by atoms with Gasteiger partial charge in [-0.15, -0.1) is 11.3 Å². The number of ether oxygens (including phenoxy) is 2. The first-order valence-electron chi connectivity index (χ1n) is 9.46. The van der Waals surface area contributed by atoms with Crippen LogP contribution in [-0.4, -0.2) is 18.3 Å². The van der Waals surface area contributed by atoms with Crippen LogP contribution in [0.15, 0.2) is 89.3 Å². The number of aromatic nitrogens is 1. The van der Waals surface area contributed by atoms with Gasteiger partial charge in [0.25, 0.3) is 0 Å². The zero-order valence-electron chi connectivity index (χ0n) is 16.5. The van der Waals surface area contributed by atoms with E-state index >= 15 is 0 Å². The van der Waals surface area contributed by atoms with Crippen LogP contribution in [0, 0.1) is 0 Å². The maximum atomic E-state index is 5.90. The fraction of sp³-hybridized carbons (Fsp3) is 0.0833. The van der Waals surface area contributed by atoms with Gasteiger partial charge in [0.1, 0.15) is 18.1 Å². The third-order valence-corrected chi connectivity index (χ3v) is 5.13. The molecule has 5 nitrogen and oxygen atoms in total. The van der Waals surface area contributed by atoms with E-state index in [9.17, 15) is 0 Å². The fourth-order valence-corrected chi connectivity index (χ4v) is 3.54. The van der Waals surface area contributed by atoms with Crippen molar-refractivity contribution in [3.63, 3.8) is 0 Å². The Kier molecular flexibility index (Phi) is 6.37. The fourth-order valence-electron chi connectivity index (χ4n) is 2.87. The largest absolute Gasteiger partial charge is 0.496 e. The molecule has 0 bridgehead atoms. The van der Waals surface area contributed by atoms with Gasteiger partial charge in [-0.3, -0.25) is 5.43 Å². The van der Waals surface area contributed by atoms with Gasteiger partial charge in [-0.1, -0.05) is 60.7 Å². The number of thiazole rings is 1. The molecule has 0 aliphatic rings. The Hall–Kier alpha value is -3.64. The molecule has 6 heteroatoms. The third kappa shape index (κ3) is 5.04. The van der Waals surface area contributed by atoms with Crippen molar-refractivity contribution in [1.29, 1.82) is 0 Å². The average Bonchev–Trinajstić information content (AvgIpc) is 3.28. The molecule has 4 rings (SSSR count). The first kappa shape index (κ1) is 19.7. The summed E-state index contributed by atoms with van der Waals surface area (Å²) in [5.74, 6) is 1.47. The summed E-state index contributed by atoms with van der Waals surface area (Å²) < 4.78 is 11.3. The highest BCUT2D eigenvalue weighted by Gasteiger charge is 2.05. The Morgan fingerprint density at radius 2 is 1.77 bits per heavy atom. The summed E-state index contributed by atoms with van der Waals surface area (Å²) in [6, 6.07) is 25.8. The summed E-state index contributed by atoms with van der Waals surface area (Å²) in [4.78, 5) is 4.57. The van der Waals surface area contributed by atoms with Gasteiger partial charge in [-0.25, -0.2) is 4.98 Å². The Balaban J connectivity index is 1.43. The molecule has 1 N–H and O–H groups in total. The summed E-state index contributed by atoms with van der Waals surface area (Å²) in [6.07, 6.45) is 1.71. The van der Waals surface area contributed by atoms with E-state index in [1.165, 1.54) is 11.3 Å². The highest BCUT2D eigenvalue weighted by Crippen LogP contribution is 2.25. The molecule has 0 saturated carbocycles. The molecular weight excluding hydrogens is 394 g/mol. The molecule has 3 aromatic carbocycles. The molecule has 30 heavy (non-hydrogen) atoms. The van der Waals surface area contributed by atoms with E-state index in [4.69, 9.17) is 9.47 Å². The molecule has 0 radical (unpaired) electrons. The highest BCUT2D eigenvalue weighted by atomic mass is 32.1. The van der Waals surface area contributed by atoms with Gasteiger partial charge in [0.2, 0.25) is 5.13 Å².